The van der Waals surface area contributed by atoms with E-state index in [4.69, 9.17) is 21.6 Å². The van der Waals surface area contributed by atoms with E-state index >= 15 is 0 Å². The predicted octanol–water partition coefficient (Wildman–Crippen LogP) is 6.16. The third kappa shape index (κ3) is 6.01. The fourth-order valence-corrected chi connectivity index (χ4v) is 5.54. The lowest BCUT2D eigenvalue weighted by atomic mass is 10.1. The third-order valence-corrected chi connectivity index (χ3v) is 8.09. The van der Waals surface area contributed by atoms with Crippen LogP contribution in [0.2, 0.25) is 5.02 Å². The normalized spacial score (nSPS) is 17.0. The molecule has 0 aliphatic carbocycles. The number of hydrogen-bond acceptors (Lipinski definition) is 6. The van der Waals surface area contributed by atoms with Gasteiger partial charge in [-0.2, -0.15) is 9.97 Å². The average Bonchev–Trinajstić information content (AvgIpc) is 3.41. The number of carbonyl (C=O) groups is 1. The lowest BCUT2D eigenvalue weighted by Gasteiger charge is -2.44. The monoisotopic (exact) mass is 601 g/mol. The minimum Gasteiger partial charge on any atom is -0.364 e. The molecule has 1 fully saturated rings. The van der Waals surface area contributed by atoms with Crippen LogP contribution in [0.15, 0.2) is 79.1 Å². The van der Waals surface area contributed by atoms with Gasteiger partial charge in [0.25, 0.3) is 5.91 Å². The van der Waals surface area contributed by atoms with Gasteiger partial charge < -0.3 is 19.7 Å². The highest BCUT2D eigenvalue weighted by Crippen LogP contribution is 2.28. The number of benzene rings is 3. The number of aromatic nitrogens is 4. The molecule has 3 aromatic carbocycles. The Morgan fingerprint density at radius 1 is 0.930 bits per heavy atom. The standard InChI is InChI=1S/C32H30ClF2N7O/c1-20-17-42(21(2)16-41(20)31(43)23-9-13-26(35)14-10-23)32-38-29(36-15-22-7-11-25(34)12-8-22)28-30(39-32)40(19-37-28)18-24-5-3-4-6-27(24)33/h3-14,19-21H,15-18H2,1-2H3,(H,36,38,39). The van der Waals surface area contributed by atoms with Crippen molar-refractivity contribution in [2.24, 2.45) is 0 Å². The van der Waals surface area contributed by atoms with E-state index in [2.05, 4.69) is 15.2 Å². The number of amides is 1. The van der Waals surface area contributed by atoms with Crippen molar-refractivity contribution in [3.63, 3.8) is 0 Å². The Morgan fingerprint density at radius 3 is 2.35 bits per heavy atom. The maximum absolute atomic E-state index is 13.5. The second kappa shape index (κ2) is 12.0. The highest BCUT2D eigenvalue weighted by atomic mass is 35.5. The molecule has 0 spiro atoms. The van der Waals surface area contributed by atoms with Gasteiger partial charge in [0.15, 0.2) is 17.0 Å². The molecule has 0 radical (unpaired) electrons. The fraction of sp³-hybridized carbons (Fsp3) is 0.250. The van der Waals surface area contributed by atoms with Crippen molar-refractivity contribution in [1.82, 2.24) is 24.4 Å². The second-order valence-electron chi connectivity index (χ2n) is 10.8. The molecule has 3 heterocycles. The molecule has 2 atom stereocenters. The molecule has 1 aliphatic rings. The number of piperazine rings is 1. The Labute approximate surface area is 253 Å². The molecule has 6 rings (SSSR count). The molecular formula is C32H30ClF2N7O. The number of carbonyl (C=O) groups excluding carboxylic acids is 1. The molecule has 0 bridgehead atoms. The number of anilines is 2. The molecular weight excluding hydrogens is 572 g/mol. The quantitative estimate of drug-likeness (QED) is 0.241. The van der Waals surface area contributed by atoms with E-state index in [-0.39, 0.29) is 29.6 Å². The van der Waals surface area contributed by atoms with Gasteiger partial charge in [-0.1, -0.05) is 41.9 Å². The average molecular weight is 602 g/mol. The van der Waals surface area contributed by atoms with Crippen LogP contribution in [0.3, 0.4) is 0 Å². The molecule has 1 N–H and O–H groups in total. The van der Waals surface area contributed by atoms with Crippen molar-refractivity contribution in [1.29, 1.82) is 0 Å². The highest BCUT2D eigenvalue weighted by molar-refractivity contribution is 6.31. The van der Waals surface area contributed by atoms with Crippen LogP contribution in [0.5, 0.6) is 0 Å². The number of imidazole rings is 1. The molecule has 1 saturated heterocycles. The molecule has 8 nitrogen and oxygen atoms in total. The first-order valence-electron chi connectivity index (χ1n) is 14.0. The molecule has 2 unspecified atom stereocenters. The van der Waals surface area contributed by atoms with Gasteiger partial charge in [0.2, 0.25) is 5.95 Å². The first kappa shape index (κ1) is 28.5. The topological polar surface area (TPSA) is 79.2 Å². The summed E-state index contributed by atoms with van der Waals surface area (Å²) < 4.78 is 28.9. The van der Waals surface area contributed by atoms with Crippen LogP contribution in [0.1, 0.15) is 35.3 Å². The van der Waals surface area contributed by atoms with Gasteiger partial charge in [0.05, 0.1) is 12.9 Å². The van der Waals surface area contributed by atoms with Crippen LogP contribution in [0.25, 0.3) is 11.2 Å². The largest absolute Gasteiger partial charge is 0.364 e. The number of hydrogen-bond donors (Lipinski definition) is 1. The first-order valence-corrected chi connectivity index (χ1v) is 14.4. The van der Waals surface area contributed by atoms with Crippen molar-refractivity contribution in [2.75, 3.05) is 23.3 Å². The molecule has 2 aromatic heterocycles. The predicted molar refractivity (Wildman–Crippen MR) is 163 cm³/mol. The number of rotatable bonds is 7. The maximum Gasteiger partial charge on any atom is 0.254 e. The minimum absolute atomic E-state index is 0.108. The number of nitrogens with zero attached hydrogens (tertiary/aromatic N) is 6. The van der Waals surface area contributed by atoms with Crippen LogP contribution < -0.4 is 10.2 Å². The number of nitrogens with one attached hydrogen (secondary N) is 1. The van der Waals surface area contributed by atoms with Gasteiger partial charge >= 0.3 is 0 Å². The Hall–Kier alpha value is -4.57. The number of halogens is 3. The SMILES string of the molecule is CC1CN(c2nc(NCc3ccc(F)cc3)c3ncn(Cc4ccccc4Cl)c3n2)C(C)CN1C(=O)c1ccc(F)cc1. The Morgan fingerprint density at radius 2 is 1.63 bits per heavy atom. The third-order valence-electron chi connectivity index (χ3n) is 7.72. The summed E-state index contributed by atoms with van der Waals surface area (Å²) in [7, 11) is 0. The van der Waals surface area contributed by atoms with Crippen molar-refractivity contribution < 1.29 is 13.6 Å². The Bertz CT molecular complexity index is 1760. The van der Waals surface area contributed by atoms with E-state index in [1.165, 1.54) is 36.4 Å². The summed E-state index contributed by atoms with van der Waals surface area (Å²) in [5.41, 5.74) is 3.50. The fourth-order valence-electron chi connectivity index (χ4n) is 5.34. The van der Waals surface area contributed by atoms with E-state index in [1.807, 2.05) is 47.6 Å². The summed E-state index contributed by atoms with van der Waals surface area (Å²) in [5.74, 6) is 0.229. The molecule has 1 aliphatic heterocycles. The first-order chi connectivity index (χ1) is 20.8. The zero-order valence-electron chi connectivity index (χ0n) is 23.7. The molecule has 11 heteroatoms. The molecule has 0 saturated carbocycles. The Balaban J connectivity index is 1.32. The Kier molecular flexibility index (Phi) is 7.94. The van der Waals surface area contributed by atoms with Crippen molar-refractivity contribution in [3.8, 4) is 0 Å². The summed E-state index contributed by atoms with van der Waals surface area (Å²) in [6.07, 6.45) is 1.72. The second-order valence-corrected chi connectivity index (χ2v) is 11.2. The van der Waals surface area contributed by atoms with Gasteiger partial charge in [-0.15, -0.1) is 0 Å². The van der Waals surface area contributed by atoms with Gasteiger partial charge in [-0.05, 0) is 67.4 Å². The van der Waals surface area contributed by atoms with Crippen LogP contribution in [0, 0.1) is 11.6 Å². The van der Waals surface area contributed by atoms with Crippen molar-refractivity contribution >= 4 is 40.4 Å². The van der Waals surface area contributed by atoms with Crippen LogP contribution in [-0.4, -0.2) is 55.5 Å². The van der Waals surface area contributed by atoms with E-state index in [1.54, 1.807) is 18.5 Å². The van der Waals surface area contributed by atoms with Gasteiger partial charge in [0, 0.05) is 42.3 Å². The van der Waals surface area contributed by atoms with Crippen LogP contribution in [0.4, 0.5) is 20.5 Å². The smallest absolute Gasteiger partial charge is 0.254 e. The van der Waals surface area contributed by atoms with Gasteiger partial charge in [-0.25, -0.2) is 13.8 Å². The summed E-state index contributed by atoms with van der Waals surface area (Å²) in [5, 5.41) is 4.02. The molecule has 43 heavy (non-hydrogen) atoms. The maximum atomic E-state index is 13.5. The highest BCUT2D eigenvalue weighted by Gasteiger charge is 2.34. The molecule has 220 valence electrons. The summed E-state index contributed by atoms with van der Waals surface area (Å²) in [4.78, 5) is 31.7. The molecule has 1 amide bonds. The molecule has 5 aromatic rings. The lowest BCUT2D eigenvalue weighted by molar-refractivity contribution is 0.0643. The van der Waals surface area contributed by atoms with Crippen LogP contribution >= 0.6 is 11.6 Å². The van der Waals surface area contributed by atoms with Gasteiger partial charge in [-0.3, -0.25) is 4.79 Å². The summed E-state index contributed by atoms with van der Waals surface area (Å²) >= 11 is 6.47. The van der Waals surface area contributed by atoms with Gasteiger partial charge in [0.1, 0.15) is 11.6 Å². The van der Waals surface area contributed by atoms with E-state index in [9.17, 15) is 13.6 Å². The van der Waals surface area contributed by atoms with E-state index in [0.29, 0.717) is 59.7 Å². The summed E-state index contributed by atoms with van der Waals surface area (Å²) in [6.45, 7) is 5.82. The van der Waals surface area contributed by atoms with Crippen molar-refractivity contribution in [2.45, 2.75) is 39.0 Å². The number of fused-ring (bicyclic) bond motifs is 1. The zero-order chi connectivity index (χ0) is 30.1. The minimum atomic E-state index is -0.382. The van der Waals surface area contributed by atoms with E-state index in [0.717, 1.165) is 11.1 Å². The van der Waals surface area contributed by atoms with Crippen molar-refractivity contribution in [3.05, 3.63) is 112 Å². The lowest BCUT2D eigenvalue weighted by Crippen LogP contribution is -2.58. The zero-order valence-corrected chi connectivity index (χ0v) is 24.5. The van der Waals surface area contributed by atoms with Crippen LogP contribution in [-0.2, 0) is 13.1 Å². The summed E-state index contributed by atoms with van der Waals surface area (Å²) in [6, 6.07) is 19.3. The van der Waals surface area contributed by atoms with E-state index < -0.39 is 0 Å².